The third-order valence-corrected chi connectivity index (χ3v) is 4.97. The molecule has 1 heterocycles. The Labute approximate surface area is 134 Å². The van der Waals surface area contributed by atoms with Gasteiger partial charge in [-0.2, -0.15) is 0 Å². The van der Waals surface area contributed by atoms with E-state index in [1.807, 2.05) is 0 Å². The van der Waals surface area contributed by atoms with E-state index in [2.05, 4.69) is 31.0 Å². The Morgan fingerprint density at radius 1 is 0.905 bits per heavy atom. The van der Waals surface area contributed by atoms with Crippen LogP contribution in [0.3, 0.4) is 0 Å². The van der Waals surface area contributed by atoms with Gasteiger partial charge in [-0.05, 0) is 44.8 Å². The number of nitrogens with zero attached hydrogens (tertiary/aromatic N) is 1. The molecule has 0 aliphatic carbocycles. The molecule has 1 fully saturated rings. The van der Waals surface area contributed by atoms with Crippen molar-refractivity contribution in [3.05, 3.63) is 0 Å². The normalized spacial score (nSPS) is 23.6. The van der Waals surface area contributed by atoms with Gasteiger partial charge < -0.3 is 10.2 Å². The molecular weight excluding hydrogens is 256 g/mol. The van der Waals surface area contributed by atoms with Crippen LogP contribution in [0.1, 0.15) is 85.0 Å². The molecule has 0 bridgehead atoms. The number of hydrogen-bond donors (Lipinski definition) is 1. The fourth-order valence-corrected chi connectivity index (χ4v) is 3.54. The SMILES string of the molecule is CCCCCCCCCCN1CCC(NCCC)C(C)C1. The Morgan fingerprint density at radius 3 is 2.19 bits per heavy atom. The van der Waals surface area contributed by atoms with Crippen molar-refractivity contribution < 1.29 is 0 Å². The summed E-state index contributed by atoms with van der Waals surface area (Å²) < 4.78 is 0. The largest absolute Gasteiger partial charge is 0.314 e. The smallest absolute Gasteiger partial charge is 0.0117 e. The van der Waals surface area contributed by atoms with E-state index in [1.165, 1.54) is 90.4 Å². The van der Waals surface area contributed by atoms with E-state index in [1.54, 1.807) is 0 Å². The molecule has 2 nitrogen and oxygen atoms in total. The van der Waals surface area contributed by atoms with Gasteiger partial charge >= 0.3 is 0 Å². The molecule has 1 N–H and O–H groups in total. The Hall–Kier alpha value is -0.0800. The highest BCUT2D eigenvalue weighted by atomic mass is 15.1. The second-order valence-electron chi connectivity index (χ2n) is 7.10. The average molecular weight is 297 g/mol. The van der Waals surface area contributed by atoms with Crippen LogP contribution >= 0.6 is 0 Å². The minimum absolute atomic E-state index is 0.764. The van der Waals surface area contributed by atoms with Crippen molar-refractivity contribution in [2.24, 2.45) is 5.92 Å². The fourth-order valence-electron chi connectivity index (χ4n) is 3.54. The van der Waals surface area contributed by atoms with Gasteiger partial charge in [0.2, 0.25) is 0 Å². The summed E-state index contributed by atoms with van der Waals surface area (Å²) in [6, 6.07) is 0.764. The maximum atomic E-state index is 3.72. The molecule has 0 amide bonds. The van der Waals surface area contributed by atoms with Crippen LogP contribution in [0.2, 0.25) is 0 Å². The summed E-state index contributed by atoms with van der Waals surface area (Å²) >= 11 is 0. The van der Waals surface area contributed by atoms with Crippen LogP contribution < -0.4 is 5.32 Å². The lowest BCUT2D eigenvalue weighted by Crippen LogP contribution is -2.48. The van der Waals surface area contributed by atoms with E-state index in [0.717, 1.165) is 12.0 Å². The summed E-state index contributed by atoms with van der Waals surface area (Å²) in [4.78, 5) is 2.70. The van der Waals surface area contributed by atoms with Crippen molar-refractivity contribution in [3.63, 3.8) is 0 Å². The fraction of sp³-hybridized carbons (Fsp3) is 1.00. The zero-order valence-corrected chi connectivity index (χ0v) is 15.0. The van der Waals surface area contributed by atoms with Gasteiger partial charge in [0.15, 0.2) is 0 Å². The van der Waals surface area contributed by atoms with Crippen molar-refractivity contribution in [2.75, 3.05) is 26.2 Å². The van der Waals surface area contributed by atoms with Gasteiger partial charge in [-0.25, -0.2) is 0 Å². The lowest BCUT2D eigenvalue weighted by atomic mass is 9.93. The van der Waals surface area contributed by atoms with Gasteiger partial charge in [0.1, 0.15) is 0 Å². The summed E-state index contributed by atoms with van der Waals surface area (Å²) in [7, 11) is 0. The maximum absolute atomic E-state index is 3.72. The Balaban J connectivity index is 1.97. The van der Waals surface area contributed by atoms with Gasteiger partial charge in [0.25, 0.3) is 0 Å². The zero-order valence-electron chi connectivity index (χ0n) is 15.0. The molecule has 1 saturated heterocycles. The van der Waals surface area contributed by atoms with E-state index in [-0.39, 0.29) is 0 Å². The van der Waals surface area contributed by atoms with Crippen LogP contribution in [0.5, 0.6) is 0 Å². The predicted octanol–water partition coefficient (Wildman–Crippen LogP) is 4.84. The minimum atomic E-state index is 0.764. The Bertz CT molecular complexity index is 230. The van der Waals surface area contributed by atoms with Gasteiger partial charge in [-0.3, -0.25) is 0 Å². The molecule has 0 radical (unpaired) electrons. The molecule has 2 unspecified atom stereocenters. The summed E-state index contributed by atoms with van der Waals surface area (Å²) in [6.07, 6.45) is 14.1. The zero-order chi connectivity index (χ0) is 15.3. The van der Waals surface area contributed by atoms with E-state index in [4.69, 9.17) is 0 Å². The molecule has 2 heteroatoms. The van der Waals surface area contributed by atoms with Crippen LogP contribution in [-0.2, 0) is 0 Å². The minimum Gasteiger partial charge on any atom is -0.314 e. The van der Waals surface area contributed by atoms with Crippen molar-refractivity contribution in [1.29, 1.82) is 0 Å². The molecule has 0 aromatic carbocycles. The van der Waals surface area contributed by atoms with E-state index >= 15 is 0 Å². The molecular formula is C19H40N2. The van der Waals surface area contributed by atoms with Crippen LogP contribution in [0.25, 0.3) is 0 Å². The molecule has 21 heavy (non-hydrogen) atoms. The maximum Gasteiger partial charge on any atom is 0.0117 e. The first-order chi connectivity index (χ1) is 10.3. The first-order valence-corrected chi connectivity index (χ1v) is 9.73. The number of likely N-dealkylation sites (tertiary alicyclic amines) is 1. The van der Waals surface area contributed by atoms with E-state index in [9.17, 15) is 0 Å². The monoisotopic (exact) mass is 296 g/mol. The summed E-state index contributed by atoms with van der Waals surface area (Å²) in [5.74, 6) is 0.819. The Morgan fingerprint density at radius 2 is 1.57 bits per heavy atom. The van der Waals surface area contributed by atoms with Crippen molar-refractivity contribution >= 4 is 0 Å². The molecule has 1 aliphatic heterocycles. The van der Waals surface area contributed by atoms with Crippen molar-refractivity contribution in [3.8, 4) is 0 Å². The molecule has 0 aromatic heterocycles. The third-order valence-electron chi connectivity index (χ3n) is 4.97. The van der Waals surface area contributed by atoms with Crippen molar-refractivity contribution in [1.82, 2.24) is 10.2 Å². The summed E-state index contributed by atoms with van der Waals surface area (Å²) in [5.41, 5.74) is 0. The lowest BCUT2D eigenvalue weighted by Gasteiger charge is -2.37. The van der Waals surface area contributed by atoms with Crippen LogP contribution in [0, 0.1) is 5.92 Å². The number of piperidine rings is 1. The standard InChI is InChI=1S/C19H40N2/c1-4-6-7-8-9-10-11-12-15-21-16-13-19(18(3)17-21)20-14-5-2/h18-20H,4-17H2,1-3H3. The van der Waals surface area contributed by atoms with Gasteiger partial charge in [-0.15, -0.1) is 0 Å². The third kappa shape index (κ3) is 8.83. The van der Waals surface area contributed by atoms with E-state index in [0.29, 0.717) is 0 Å². The number of hydrogen-bond acceptors (Lipinski definition) is 2. The number of rotatable bonds is 12. The molecule has 1 rings (SSSR count). The number of unbranched alkanes of at least 4 members (excludes halogenated alkanes) is 7. The van der Waals surface area contributed by atoms with Crippen molar-refractivity contribution in [2.45, 2.75) is 91.0 Å². The molecule has 1 aliphatic rings. The topological polar surface area (TPSA) is 15.3 Å². The average Bonchev–Trinajstić information content (AvgIpc) is 2.49. The van der Waals surface area contributed by atoms with Gasteiger partial charge in [-0.1, -0.05) is 65.7 Å². The second kappa shape index (κ2) is 12.5. The van der Waals surface area contributed by atoms with Gasteiger partial charge in [0, 0.05) is 12.6 Å². The molecule has 126 valence electrons. The highest BCUT2D eigenvalue weighted by Crippen LogP contribution is 2.18. The highest BCUT2D eigenvalue weighted by Gasteiger charge is 2.24. The molecule has 0 aromatic rings. The van der Waals surface area contributed by atoms with Gasteiger partial charge in [0.05, 0.1) is 0 Å². The predicted molar refractivity (Wildman–Crippen MR) is 94.9 cm³/mol. The Kier molecular flexibility index (Phi) is 11.3. The molecule has 0 saturated carbocycles. The van der Waals surface area contributed by atoms with Crippen LogP contribution in [-0.4, -0.2) is 37.1 Å². The lowest BCUT2D eigenvalue weighted by molar-refractivity contribution is 0.145. The first-order valence-electron chi connectivity index (χ1n) is 9.73. The number of nitrogens with one attached hydrogen (secondary N) is 1. The first kappa shape index (κ1) is 19.0. The second-order valence-corrected chi connectivity index (χ2v) is 7.10. The highest BCUT2D eigenvalue weighted by molar-refractivity contribution is 4.82. The summed E-state index contributed by atoms with van der Waals surface area (Å²) in [6.45, 7) is 12.1. The quantitative estimate of drug-likeness (QED) is 0.519. The summed E-state index contributed by atoms with van der Waals surface area (Å²) in [5, 5.41) is 3.72. The van der Waals surface area contributed by atoms with Crippen LogP contribution in [0.4, 0.5) is 0 Å². The molecule has 2 atom stereocenters. The van der Waals surface area contributed by atoms with Crippen LogP contribution in [0.15, 0.2) is 0 Å². The molecule has 0 spiro atoms. The van der Waals surface area contributed by atoms with E-state index < -0.39 is 0 Å².